The number of anilines is 2. The van der Waals surface area contributed by atoms with Gasteiger partial charge < -0.3 is 10.1 Å². The molecule has 29 heavy (non-hydrogen) atoms. The van der Waals surface area contributed by atoms with Gasteiger partial charge in [0.1, 0.15) is 6.04 Å². The summed E-state index contributed by atoms with van der Waals surface area (Å²) in [5.41, 5.74) is 0.745. The predicted octanol–water partition coefficient (Wildman–Crippen LogP) is 2.85. The van der Waals surface area contributed by atoms with Crippen LogP contribution in [0.15, 0.2) is 36.4 Å². The summed E-state index contributed by atoms with van der Waals surface area (Å²) in [6.45, 7) is 2.90. The van der Waals surface area contributed by atoms with Crippen LogP contribution in [0.1, 0.15) is 22.8 Å². The number of methoxy groups -OCH3 is 1. The van der Waals surface area contributed by atoms with Crippen LogP contribution in [0.3, 0.4) is 0 Å². The van der Waals surface area contributed by atoms with Crippen molar-refractivity contribution in [2.24, 2.45) is 0 Å². The van der Waals surface area contributed by atoms with Crippen LogP contribution in [0.2, 0.25) is 0 Å². The molecule has 1 amide bonds. The Balaban J connectivity index is 2.38. The number of rotatable bonds is 6. The molecule has 0 bridgehead atoms. The lowest BCUT2D eigenvalue weighted by atomic mass is 10.1. The van der Waals surface area contributed by atoms with E-state index < -0.39 is 39.6 Å². The third kappa shape index (κ3) is 4.89. The summed E-state index contributed by atoms with van der Waals surface area (Å²) < 4.78 is 56.7. The predicted molar refractivity (Wildman–Crippen MR) is 104 cm³/mol. The van der Waals surface area contributed by atoms with Crippen molar-refractivity contribution in [3.8, 4) is 0 Å². The van der Waals surface area contributed by atoms with E-state index in [0.29, 0.717) is 15.9 Å². The third-order valence-electron chi connectivity index (χ3n) is 4.24. The first-order chi connectivity index (χ1) is 13.5. The molecule has 0 saturated carbocycles. The lowest BCUT2D eigenvalue weighted by Gasteiger charge is -2.28. The van der Waals surface area contributed by atoms with Gasteiger partial charge in [-0.15, -0.1) is 0 Å². The number of nitrogens with zero attached hydrogens (tertiary/aromatic N) is 1. The molecular weight excluding hydrogens is 406 g/mol. The van der Waals surface area contributed by atoms with Gasteiger partial charge in [0.05, 0.1) is 24.6 Å². The van der Waals surface area contributed by atoms with Crippen LogP contribution in [-0.2, 0) is 19.6 Å². The Labute approximate surface area is 167 Å². The Hall–Kier alpha value is -3.01. The SMILES string of the molecule is COC(=O)c1cccc(NC(=O)C(C)N(c2ccc(F)c(F)c2)S(C)(=O)=O)c1C. The Morgan fingerprint density at radius 2 is 1.79 bits per heavy atom. The topological polar surface area (TPSA) is 92.8 Å². The number of carbonyl (C=O) groups is 2. The lowest BCUT2D eigenvalue weighted by molar-refractivity contribution is -0.116. The van der Waals surface area contributed by atoms with E-state index >= 15 is 0 Å². The average Bonchev–Trinajstić information content (AvgIpc) is 2.64. The maximum atomic E-state index is 13.6. The molecule has 10 heteroatoms. The van der Waals surface area contributed by atoms with Crippen LogP contribution >= 0.6 is 0 Å². The monoisotopic (exact) mass is 426 g/mol. The van der Waals surface area contributed by atoms with E-state index in [1.165, 1.54) is 32.2 Å². The van der Waals surface area contributed by atoms with E-state index in [2.05, 4.69) is 10.1 Å². The summed E-state index contributed by atoms with van der Waals surface area (Å²) in [5.74, 6) is -3.71. The van der Waals surface area contributed by atoms with Gasteiger partial charge in [0, 0.05) is 11.8 Å². The van der Waals surface area contributed by atoms with Crippen molar-refractivity contribution in [1.29, 1.82) is 0 Å². The first-order valence-electron chi connectivity index (χ1n) is 8.40. The van der Waals surface area contributed by atoms with E-state index in [0.717, 1.165) is 18.4 Å². The van der Waals surface area contributed by atoms with Crippen LogP contribution in [0.4, 0.5) is 20.2 Å². The maximum Gasteiger partial charge on any atom is 0.338 e. The number of benzene rings is 2. The van der Waals surface area contributed by atoms with Crippen molar-refractivity contribution in [2.45, 2.75) is 19.9 Å². The molecule has 0 aliphatic carbocycles. The fraction of sp³-hybridized carbons (Fsp3) is 0.263. The number of ether oxygens (including phenoxy) is 1. The van der Waals surface area contributed by atoms with Crippen molar-refractivity contribution in [3.05, 3.63) is 59.2 Å². The zero-order valence-electron chi connectivity index (χ0n) is 16.2. The number of amides is 1. The smallest absolute Gasteiger partial charge is 0.338 e. The number of sulfonamides is 1. The van der Waals surface area contributed by atoms with Crippen molar-refractivity contribution in [3.63, 3.8) is 0 Å². The molecule has 0 aliphatic heterocycles. The summed E-state index contributed by atoms with van der Waals surface area (Å²) in [6, 6.07) is 5.83. The third-order valence-corrected chi connectivity index (χ3v) is 5.48. The maximum absolute atomic E-state index is 13.6. The number of nitrogens with one attached hydrogen (secondary N) is 1. The molecule has 0 radical (unpaired) electrons. The number of hydrogen-bond acceptors (Lipinski definition) is 5. The molecular formula is C19H20F2N2O5S. The fourth-order valence-electron chi connectivity index (χ4n) is 2.77. The standard InChI is InChI=1S/C19H20F2N2O5S/c1-11-14(19(25)28-3)6-5-7-17(11)22-18(24)12(2)23(29(4,26)27)13-8-9-15(20)16(21)10-13/h5-10,12H,1-4H3,(H,22,24). The van der Waals surface area contributed by atoms with Crippen LogP contribution in [0, 0.1) is 18.6 Å². The van der Waals surface area contributed by atoms with E-state index in [4.69, 9.17) is 0 Å². The quantitative estimate of drug-likeness (QED) is 0.717. The van der Waals surface area contributed by atoms with E-state index in [9.17, 15) is 26.8 Å². The zero-order valence-corrected chi connectivity index (χ0v) is 17.0. The molecule has 1 N–H and O–H groups in total. The van der Waals surface area contributed by atoms with Gasteiger partial charge in [-0.1, -0.05) is 6.07 Å². The summed E-state index contributed by atoms with van der Waals surface area (Å²) in [6.07, 6.45) is 0.848. The van der Waals surface area contributed by atoms with Gasteiger partial charge in [-0.05, 0) is 43.7 Å². The highest BCUT2D eigenvalue weighted by Crippen LogP contribution is 2.25. The molecule has 2 aromatic rings. The lowest BCUT2D eigenvalue weighted by Crippen LogP contribution is -2.45. The highest BCUT2D eigenvalue weighted by atomic mass is 32.2. The molecule has 2 aromatic carbocycles. The molecule has 0 saturated heterocycles. The minimum atomic E-state index is -4.01. The molecule has 0 aliphatic rings. The van der Waals surface area contributed by atoms with Gasteiger partial charge in [0.2, 0.25) is 15.9 Å². The molecule has 1 unspecified atom stereocenters. The van der Waals surface area contributed by atoms with Crippen LogP contribution < -0.4 is 9.62 Å². The highest BCUT2D eigenvalue weighted by molar-refractivity contribution is 7.92. The summed E-state index contributed by atoms with van der Waals surface area (Å²) >= 11 is 0. The molecule has 0 aromatic heterocycles. The first kappa shape index (κ1) is 22.3. The van der Waals surface area contributed by atoms with Gasteiger partial charge in [-0.3, -0.25) is 9.10 Å². The number of hydrogen-bond donors (Lipinski definition) is 1. The number of esters is 1. The van der Waals surface area contributed by atoms with E-state index in [-0.39, 0.29) is 16.9 Å². The van der Waals surface area contributed by atoms with Gasteiger partial charge >= 0.3 is 5.97 Å². The van der Waals surface area contributed by atoms with Crippen molar-refractivity contribution < 1.29 is 31.5 Å². The second kappa shape index (κ2) is 8.56. The first-order valence-corrected chi connectivity index (χ1v) is 10.3. The van der Waals surface area contributed by atoms with Crippen LogP contribution in [0.25, 0.3) is 0 Å². The van der Waals surface area contributed by atoms with Crippen molar-refractivity contribution in [2.75, 3.05) is 23.0 Å². The van der Waals surface area contributed by atoms with Gasteiger partial charge in [0.15, 0.2) is 11.6 Å². The van der Waals surface area contributed by atoms with E-state index in [1.807, 2.05) is 0 Å². The molecule has 0 spiro atoms. The molecule has 2 rings (SSSR count). The Kier molecular flexibility index (Phi) is 6.58. The van der Waals surface area contributed by atoms with Crippen LogP contribution in [0.5, 0.6) is 0 Å². The van der Waals surface area contributed by atoms with Gasteiger partial charge in [-0.25, -0.2) is 22.0 Å². The Bertz CT molecular complexity index is 1060. The van der Waals surface area contributed by atoms with Crippen LogP contribution in [-0.4, -0.2) is 39.7 Å². The second-order valence-corrected chi connectivity index (χ2v) is 8.15. The molecule has 156 valence electrons. The van der Waals surface area contributed by atoms with Gasteiger partial charge in [-0.2, -0.15) is 0 Å². The summed E-state index contributed by atoms with van der Waals surface area (Å²) in [4.78, 5) is 24.5. The summed E-state index contributed by atoms with van der Waals surface area (Å²) in [7, 11) is -2.79. The molecule has 7 nitrogen and oxygen atoms in total. The Morgan fingerprint density at radius 1 is 1.14 bits per heavy atom. The minimum absolute atomic E-state index is 0.200. The van der Waals surface area contributed by atoms with E-state index in [1.54, 1.807) is 6.92 Å². The summed E-state index contributed by atoms with van der Waals surface area (Å²) in [5, 5.41) is 2.56. The normalized spacial score (nSPS) is 12.2. The van der Waals surface area contributed by atoms with Gasteiger partial charge in [0.25, 0.3) is 0 Å². The number of carbonyl (C=O) groups excluding carboxylic acids is 2. The Morgan fingerprint density at radius 3 is 2.34 bits per heavy atom. The molecule has 0 fully saturated rings. The highest BCUT2D eigenvalue weighted by Gasteiger charge is 2.30. The minimum Gasteiger partial charge on any atom is -0.465 e. The molecule has 0 heterocycles. The largest absolute Gasteiger partial charge is 0.465 e. The van der Waals surface area contributed by atoms with Crippen molar-refractivity contribution >= 4 is 33.3 Å². The van der Waals surface area contributed by atoms with Crippen molar-refractivity contribution in [1.82, 2.24) is 0 Å². The second-order valence-electron chi connectivity index (χ2n) is 6.29. The average molecular weight is 426 g/mol. The number of halogens is 2. The molecule has 1 atom stereocenters. The zero-order chi connectivity index (χ0) is 21.9. The fourth-order valence-corrected chi connectivity index (χ4v) is 3.94.